The molecule has 0 radical (unpaired) electrons. The Morgan fingerprint density at radius 1 is 1.33 bits per heavy atom. The molecule has 5 nitrogen and oxygen atoms in total. The van der Waals surface area contributed by atoms with Crippen LogP contribution < -0.4 is 10.1 Å². The molecule has 1 aromatic carbocycles. The first-order chi connectivity index (χ1) is 10.1. The van der Waals surface area contributed by atoms with Gasteiger partial charge in [0.15, 0.2) is 0 Å². The minimum absolute atomic E-state index is 0.0436. The predicted molar refractivity (Wildman–Crippen MR) is 84.7 cm³/mol. The summed E-state index contributed by atoms with van der Waals surface area (Å²) in [5.41, 5.74) is 1.04. The first kappa shape index (κ1) is 15.4. The van der Waals surface area contributed by atoms with Crippen LogP contribution in [0.4, 0.5) is 0 Å². The Morgan fingerprint density at radius 2 is 2.14 bits per heavy atom. The lowest BCUT2D eigenvalue weighted by Gasteiger charge is -2.10. The van der Waals surface area contributed by atoms with Gasteiger partial charge in [-0.2, -0.15) is 0 Å². The van der Waals surface area contributed by atoms with Gasteiger partial charge in [0, 0.05) is 23.6 Å². The Hall–Kier alpha value is -2.01. The molecule has 1 aromatic heterocycles. The van der Waals surface area contributed by atoms with Crippen LogP contribution in [0.25, 0.3) is 10.9 Å². The molecule has 0 fully saturated rings. The maximum Gasteiger partial charge on any atom is 0.239 e. The fraction of sp³-hybridized carbons (Fsp3) is 0.438. The zero-order valence-electron chi connectivity index (χ0n) is 12.9. The smallest absolute Gasteiger partial charge is 0.239 e. The zero-order chi connectivity index (χ0) is 15.2. The first-order valence-electron chi connectivity index (χ1n) is 7.14. The number of nitrogens with zero attached hydrogens (tertiary/aromatic N) is 2. The summed E-state index contributed by atoms with van der Waals surface area (Å²) >= 11 is 0. The van der Waals surface area contributed by atoms with E-state index in [1.165, 1.54) is 0 Å². The number of rotatable bonds is 7. The predicted octanol–water partition coefficient (Wildman–Crippen LogP) is 1.72. The average molecular weight is 289 g/mol. The molecule has 0 aliphatic carbocycles. The third-order valence-electron chi connectivity index (χ3n) is 3.40. The van der Waals surface area contributed by atoms with Gasteiger partial charge in [0.1, 0.15) is 12.3 Å². The van der Waals surface area contributed by atoms with Gasteiger partial charge < -0.3 is 19.5 Å². The molecule has 1 N–H and O–H groups in total. The van der Waals surface area contributed by atoms with Crippen molar-refractivity contribution >= 4 is 16.8 Å². The number of hydrogen-bond donors (Lipinski definition) is 1. The maximum atomic E-state index is 12.0. The van der Waals surface area contributed by atoms with Crippen LogP contribution >= 0.6 is 0 Å². The summed E-state index contributed by atoms with van der Waals surface area (Å²) in [7, 11) is 5.71. The average Bonchev–Trinajstić information content (AvgIpc) is 2.85. The molecule has 1 heterocycles. The lowest BCUT2D eigenvalue weighted by atomic mass is 10.2. The Kier molecular flexibility index (Phi) is 5.22. The van der Waals surface area contributed by atoms with Crippen LogP contribution in [0.2, 0.25) is 0 Å². The number of ether oxygens (including phenoxy) is 1. The van der Waals surface area contributed by atoms with Gasteiger partial charge in [0.2, 0.25) is 5.91 Å². The standard InChI is InChI=1S/C16H23N3O2/c1-18(2)9-4-8-17-16(20)12-19-10-7-13-11-14(21-3)5-6-15(13)19/h5-7,10-11H,4,8-9,12H2,1-3H3,(H,17,20). The number of hydrogen-bond acceptors (Lipinski definition) is 3. The topological polar surface area (TPSA) is 46.5 Å². The van der Waals surface area contributed by atoms with Crippen LogP contribution in [0, 0.1) is 0 Å². The van der Waals surface area contributed by atoms with Crippen molar-refractivity contribution in [2.75, 3.05) is 34.3 Å². The van der Waals surface area contributed by atoms with Crippen LogP contribution in [0.15, 0.2) is 30.5 Å². The van der Waals surface area contributed by atoms with E-state index in [1.54, 1.807) is 7.11 Å². The van der Waals surface area contributed by atoms with Crippen molar-refractivity contribution in [3.05, 3.63) is 30.5 Å². The maximum absolute atomic E-state index is 12.0. The highest BCUT2D eigenvalue weighted by atomic mass is 16.5. The van der Waals surface area contributed by atoms with Gasteiger partial charge in [-0.15, -0.1) is 0 Å². The normalized spacial score (nSPS) is 11.0. The summed E-state index contributed by atoms with van der Waals surface area (Å²) in [4.78, 5) is 14.1. The molecule has 0 spiro atoms. The largest absolute Gasteiger partial charge is 0.497 e. The number of carbonyl (C=O) groups is 1. The summed E-state index contributed by atoms with van der Waals surface area (Å²) in [6, 6.07) is 7.86. The molecule has 114 valence electrons. The van der Waals surface area contributed by atoms with Crippen molar-refractivity contribution < 1.29 is 9.53 Å². The van der Waals surface area contributed by atoms with E-state index in [-0.39, 0.29) is 5.91 Å². The molecule has 1 amide bonds. The number of fused-ring (bicyclic) bond motifs is 1. The quantitative estimate of drug-likeness (QED) is 0.790. The molecule has 0 bridgehead atoms. The molecular formula is C16H23N3O2. The Morgan fingerprint density at radius 3 is 2.86 bits per heavy atom. The molecule has 0 saturated carbocycles. The molecule has 0 aliphatic heterocycles. The molecule has 2 rings (SSSR count). The second-order valence-corrected chi connectivity index (χ2v) is 5.38. The van der Waals surface area contributed by atoms with Gasteiger partial charge in [0.05, 0.1) is 7.11 Å². The highest BCUT2D eigenvalue weighted by Crippen LogP contribution is 2.21. The van der Waals surface area contributed by atoms with Crippen LogP contribution in [0.1, 0.15) is 6.42 Å². The SMILES string of the molecule is COc1ccc2c(ccn2CC(=O)NCCCN(C)C)c1. The summed E-state index contributed by atoms with van der Waals surface area (Å²) in [5, 5.41) is 4.03. The Labute approximate surface area is 125 Å². The Balaban J connectivity index is 1.92. The minimum Gasteiger partial charge on any atom is -0.497 e. The van der Waals surface area contributed by atoms with E-state index in [1.807, 2.05) is 49.1 Å². The number of amides is 1. The summed E-state index contributed by atoms with van der Waals surface area (Å²) in [6.45, 7) is 2.04. The van der Waals surface area contributed by atoms with E-state index in [0.29, 0.717) is 13.1 Å². The molecule has 0 atom stereocenters. The third kappa shape index (κ3) is 4.23. The lowest BCUT2D eigenvalue weighted by molar-refractivity contribution is -0.121. The molecule has 0 aliphatic rings. The van der Waals surface area contributed by atoms with Gasteiger partial charge in [0.25, 0.3) is 0 Å². The monoisotopic (exact) mass is 289 g/mol. The van der Waals surface area contributed by atoms with Crippen molar-refractivity contribution in [1.29, 1.82) is 0 Å². The number of carbonyl (C=O) groups excluding carboxylic acids is 1. The molecule has 21 heavy (non-hydrogen) atoms. The number of benzene rings is 1. The van der Waals surface area contributed by atoms with Crippen LogP contribution in [0.3, 0.4) is 0 Å². The third-order valence-corrected chi connectivity index (χ3v) is 3.40. The zero-order valence-corrected chi connectivity index (χ0v) is 12.9. The molecule has 0 unspecified atom stereocenters. The fourth-order valence-corrected chi connectivity index (χ4v) is 2.28. The minimum atomic E-state index is 0.0436. The van der Waals surface area contributed by atoms with Crippen LogP contribution in [0.5, 0.6) is 5.75 Å². The molecule has 5 heteroatoms. The summed E-state index contributed by atoms with van der Waals surface area (Å²) in [5.74, 6) is 0.871. The number of nitrogens with one attached hydrogen (secondary N) is 1. The van der Waals surface area contributed by atoms with Gasteiger partial charge in [-0.25, -0.2) is 0 Å². The van der Waals surface area contributed by atoms with E-state index in [2.05, 4.69) is 10.2 Å². The number of aromatic nitrogens is 1. The highest BCUT2D eigenvalue weighted by Gasteiger charge is 2.06. The summed E-state index contributed by atoms with van der Waals surface area (Å²) < 4.78 is 7.16. The second-order valence-electron chi connectivity index (χ2n) is 5.38. The van der Waals surface area contributed by atoms with E-state index in [9.17, 15) is 4.79 Å². The van der Waals surface area contributed by atoms with E-state index in [4.69, 9.17) is 4.74 Å². The van der Waals surface area contributed by atoms with E-state index >= 15 is 0 Å². The van der Waals surface area contributed by atoms with Crippen molar-refractivity contribution in [2.45, 2.75) is 13.0 Å². The van der Waals surface area contributed by atoms with E-state index in [0.717, 1.165) is 29.6 Å². The van der Waals surface area contributed by atoms with Gasteiger partial charge in [-0.3, -0.25) is 4.79 Å². The van der Waals surface area contributed by atoms with Crippen molar-refractivity contribution in [3.8, 4) is 5.75 Å². The van der Waals surface area contributed by atoms with Gasteiger partial charge in [-0.05, 0) is 51.3 Å². The molecule has 0 saturated heterocycles. The number of methoxy groups -OCH3 is 1. The van der Waals surface area contributed by atoms with Gasteiger partial charge in [-0.1, -0.05) is 0 Å². The fourth-order valence-electron chi connectivity index (χ4n) is 2.28. The van der Waals surface area contributed by atoms with Crippen molar-refractivity contribution in [1.82, 2.24) is 14.8 Å². The second kappa shape index (κ2) is 7.13. The van der Waals surface area contributed by atoms with Crippen LogP contribution in [-0.2, 0) is 11.3 Å². The highest BCUT2D eigenvalue weighted by molar-refractivity contribution is 5.84. The Bertz CT molecular complexity index is 605. The van der Waals surface area contributed by atoms with Crippen molar-refractivity contribution in [3.63, 3.8) is 0 Å². The van der Waals surface area contributed by atoms with Crippen LogP contribution in [-0.4, -0.2) is 49.7 Å². The lowest BCUT2D eigenvalue weighted by Crippen LogP contribution is -2.29. The summed E-state index contributed by atoms with van der Waals surface area (Å²) in [6.07, 6.45) is 2.89. The molecule has 2 aromatic rings. The molecular weight excluding hydrogens is 266 g/mol. The van der Waals surface area contributed by atoms with Crippen molar-refractivity contribution in [2.24, 2.45) is 0 Å². The van der Waals surface area contributed by atoms with Gasteiger partial charge >= 0.3 is 0 Å². The van der Waals surface area contributed by atoms with E-state index < -0.39 is 0 Å². The first-order valence-corrected chi connectivity index (χ1v) is 7.14.